The number of carbonyl (C=O) groups excluding carboxylic acids is 1. The van der Waals surface area contributed by atoms with Crippen LogP contribution in [0.3, 0.4) is 0 Å². The minimum absolute atomic E-state index is 0.0635. The second kappa shape index (κ2) is 7.46. The number of rotatable bonds is 5. The molecule has 2 saturated heterocycles. The summed E-state index contributed by atoms with van der Waals surface area (Å²) in [6.07, 6.45) is 0.537. The number of ether oxygens (including phenoxy) is 2. The van der Waals surface area contributed by atoms with Gasteiger partial charge in [0.25, 0.3) is 5.91 Å². The van der Waals surface area contributed by atoms with Crippen LogP contribution in [0.2, 0.25) is 0 Å². The Bertz CT molecular complexity index is 579. The number of amides is 1. The lowest BCUT2D eigenvalue weighted by molar-refractivity contribution is -0.133. The van der Waals surface area contributed by atoms with Gasteiger partial charge in [-0.25, -0.2) is 4.39 Å². The largest absolute Gasteiger partial charge is 0.481 e. The zero-order valence-electron chi connectivity index (χ0n) is 13.6. The molecule has 2 aliphatic heterocycles. The number of β-amino-alcohol motifs (C(OH)–C–C–N with tert-alkyl or cyclic N) is 1. The Morgan fingerprint density at radius 1 is 1.29 bits per heavy atom. The van der Waals surface area contributed by atoms with Gasteiger partial charge >= 0.3 is 0 Å². The predicted molar refractivity (Wildman–Crippen MR) is 85.3 cm³/mol. The van der Waals surface area contributed by atoms with E-state index in [2.05, 4.69) is 4.90 Å². The molecule has 1 N–H and O–H groups in total. The molecule has 0 aromatic heterocycles. The highest BCUT2D eigenvalue weighted by molar-refractivity contribution is 5.78. The van der Waals surface area contributed by atoms with Crippen molar-refractivity contribution in [3.05, 3.63) is 30.1 Å². The van der Waals surface area contributed by atoms with Gasteiger partial charge in [-0.05, 0) is 18.6 Å². The first-order valence-corrected chi connectivity index (χ1v) is 8.23. The van der Waals surface area contributed by atoms with Crippen LogP contribution < -0.4 is 4.74 Å². The highest BCUT2D eigenvalue weighted by Gasteiger charge is 2.39. The lowest BCUT2D eigenvalue weighted by Gasteiger charge is -2.33. The Morgan fingerprint density at radius 3 is 2.79 bits per heavy atom. The molecule has 6 nitrogen and oxygen atoms in total. The van der Waals surface area contributed by atoms with Crippen molar-refractivity contribution in [2.24, 2.45) is 0 Å². The van der Waals surface area contributed by atoms with E-state index in [1.54, 1.807) is 17.0 Å². The maximum atomic E-state index is 13.5. The van der Waals surface area contributed by atoms with E-state index in [9.17, 15) is 14.3 Å². The SMILES string of the molecule is O=C(COc1ccccc1F)N1CC[C@@](O)(CN2CCOCC2)C1. The molecular formula is C17H23FN2O4. The van der Waals surface area contributed by atoms with Gasteiger partial charge in [0.2, 0.25) is 0 Å². The highest BCUT2D eigenvalue weighted by atomic mass is 19.1. The van der Waals surface area contributed by atoms with E-state index >= 15 is 0 Å². The number of nitrogens with zero attached hydrogens (tertiary/aromatic N) is 2. The van der Waals surface area contributed by atoms with Crippen molar-refractivity contribution in [2.75, 3.05) is 52.5 Å². The molecule has 0 bridgehead atoms. The number of benzene rings is 1. The molecule has 0 radical (unpaired) electrons. The van der Waals surface area contributed by atoms with E-state index in [0.29, 0.717) is 32.7 Å². The van der Waals surface area contributed by atoms with Crippen LogP contribution in [-0.2, 0) is 9.53 Å². The number of carbonyl (C=O) groups is 1. The Kier molecular flexibility index (Phi) is 5.33. The molecule has 132 valence electrons. The summed E-state index contributed by atoms with van der Waals surface area (Å²) in [4.78, 5) is 16.0. The number of hydrogen-bond acceptors (Lipinski definition) is 5. The molecule has 0 unspecified atom stereocenters. The third kappa shape index (κ3) is 4.23. The van der Waals surface area contributed by atoms with Crippen LogP contribution >= 0.6 is 0 Å². The summed E-state index contributed by atoms with van der Waals surface area (Å²) in [6, 6.07) is 5.99. The zero-order valence-corrected chi connectivity index (χ0v) is 13.6. The van der Waals surface area contributed by atoms with Gasteiger partial charge in [0.15, 0.2) is 18.2 Å². The van der Waals surface area contributed by atoms with Gasteiger partial charge in [0, 0.05) is 26.2 Å². The summed E-state index contributed by atoms with van der Waals surface area (Å²) < 4.78 is 24.1. The molecule has 1 aromatic rings. The Labute approximate surface area is 140 Å². The number of morpholine rings is 1. The van der Waals surface area contributed by atoms with E-state index in [0.717, 1.165) is 13.1 Å². The van der Waals surface area contributed by atoms with Crippen molar-refractivity contribution < 1.29 is 23.8 Å². The van der Waals surface area contributed by atoms with Gasteiger partial charge in [-0.15, -0.1) is 0 Å². The number of aliphatic hydroxyl groups is 1. The minimum atomic E-state index is -0.898. The number of likely N-dealkylation sites (tertiary alicyclic amines) is 1. The molecule has 0 saturated carbocycles. The molecule has 2 aliphatic rings. The summed E-state index contributed by atoms with van der Waals surface area (Å²) >= 11 is 0. The first kappa shape index (κ1) is 17.1. The first-order chi connectivity index (χ1) is 11.6. The van der Waals surface area contributed by atoms with Gasteiger partial charge in [-0.2, -0.15) is 0 Å². The topological polar surface area (TPSA) is 62.2 Å². The molecule has 2 fully saturated rings. The van der Waals surface area contributed by atoms with Crippen LogP contribution in [0.25, 0.3) is 0 Å². The normalized spacial score (nSPS) is 25.0. The van der Waals surface area contributed by atoms with Crippen molar-refractivity contribution in [3.8, 4) is 5.75 Å². The average molecular weight is 338 g/mol. The highest BCUT2D eigenvalue weighted by Crippen LogP contribution is 2.23. The number of hydrogen-bond donors (Lipinski definition) is 1. The number of para-hydroxylation sites is 1. The van der Waals surface area contributed by atoms with Crippen molar-refractivity contribution in [1.29, 1.82) is 0 Å². The fourth-order valence-electron chi connectivity index (χ4n) is 3.17. The fourth-order valence-corrected chi connectivity index (χ4v) is 3.17. The lowest BCUT2D eigenvalue weighted by atomic mass is 10.0. The summed E-state index contributed by atoms with van der Waals surface area (Å²) in [6.45, 7) is 4.02. The fraction of sp³-hybridized carbons (Fsp3) is 0.588. The monoisotopic (exact) mass is 338 g/mol. The third-order valence-corrected chi connectivity index (χ3v) is 4.49. The molecule has 2 heterocycles. The van der Waals surface area contributed by atoms with E-state index in [-0.39, 0.29) is 24.8 Å². The Balaban J connectivity index is 1.49. The molecule has 7 heteroatoms. The summed E-state index contributed by atoms with van der Waals surface area (Å²) in [5.41, 5.74) is -0.898. The number of halogens is 1. The zero-order chi connectivity index (χ0) is 17.0. The van der Waals surface area contributed by atoms with Crippen LogP contribution in [0.15, 0.2) is 24.3 Å². The summed E-state index contributed by atoms with van der Waals surface area (Å²) in [5, 5.41) is 10.7. The average Bonchev–Trinajstić information content (AvgIpc) is 2.97. The molecule has 24 heavy (non-hydrogen) atoms. The van der Waals surface area contributed by atoms with Crippen molar-refractivity contribution in [1.82, 2.24) is 9.80 Å². The smallest absolute Gasteiger partial charge is 0.260 e. The van der Waals surface area contributed by atoms with Gasteiger partial charge in [-0.3, -0.25) is 9.69 Å². The first-order valence-electron chi connectivity index (χ1n) is 8.23. The van der Waals surface area contributed by atoms with E-state index in [4.69, 9.17) is 9.47 Å². The molecular weight excluding hydrogens is 315 g/mol. The maximum Gasteiger partial charge on any atom is 0.260 e. The maximum absolute atomic E-state index is 13.5. The van der Waals surface area contributed by atoms with Crippen molar-refractivity contribution in [3.63, 3.8) is 0 Å². The molecule has 1 amide bonds. The van der Waals surface area contributed by atoms with Gasteiger partial charge in [-0.1, -0.05) is 12.1 Å². The van der Waals surface area contributed by atoms with Crippen LogP contribution in [0.5, 0.6) is 5.75 Å². The Hall–Kier alpha value is -1.70. The second-order valence-corrected chi connectivity index (χ2v) is 6.40. The molecule has 0 spiro atoms. The molecule has 0 aliphatic carbocycles. The van der Waals surface area contributed by atoms with Crippen LogP contribution in [-0.4, -0.2) is 79.0 Å². The third-order valence-electron chi connectivity index (χ3n) is 4.49. The van der Waals surface area contributed by atoms with Gasteiger partial charge in [0.05, 0.1) is 25.4 Å². The minimum Gasteiger partial charge on any atom is -0.481 e. The quantitative estimate of drug-likeness (QED) is 0.847. The van der Waals surface area contributed by atoms with Crippen molar-refractivity contribution in [2.45, 2.75) is 12.0 Å². The lowest BCUT2D eigenvalue weighted by Crippen LogP contribution is -2.49. The Morgan fingerprint density at radius 2 is 2.04 bits per heavy atom. The van der Waals surface area contributed by atoms with Crippen molar-refractivity contribution >= 4 is 5.91 Å². The summed E-state index contributed by atoms with van der Waals surface area (Å²) in [5.74, 6) is -0.666. The van der Waals surface area contributed by atoms with Crippen LogP contribution in [0.1, 0.15) is 6.42 Å². The molecule has 1 atom stereocenters. The van der Waals surface area contributed by atoms with E-state index in [1.165, 1.54) is 12.1 Å². The predicted octanol–water partition coefficient (Wildman–Crippen LogP) is 0.500. The van der Waals surface area contributed by atoms with Crippen LogP contribution in [0, 0.1) is 5.82 Å². The second-order valence-electron chi connectivity index (χ2n) is 6.40. The standard InChI is InChI=1S/C17H23FN2O4/c18-14-3-1-2-4-15(14)24-11-16(21)20-6-5-17(22,13-20)12-19-7-9-23-10-8-19/h1-4,22H,5-13H2/t17-/m1/s1. The van der Waals surface area contributed by atoms with Gasteiger partial charge in [0.1, 0.15) is 0 Å². The molecule has 1 aromatic carbocycles. The van der Waals surface area contributed by atoms with Crippen LogP contribution in [0.4, 0.5) is 4.39 Å². The summed E-state index contributed by atoms with van der Waals surface area (Å²) in [7, 11) is 0. The van der Waals surface area contributed by atoms with E-state index < -0.39 is 11.4 Å². The van der Waals surface area contributed by atoms with Gasteiger partial charge < -0.3 is 19.5 Å². The van der Waals surface area contributed by atoms with E-state index in [1.807, 2.05) is 0 Å². The molecule has 3 rings (SSSR count).